The SMILES string of the molecule is CCOC(=O)N1CCN(C(=O)Nc2ccnn2C[C@@H]2CC=CCC2)CC1. The number of aromatic nitrogens is 2. The van der Waals surface area contributed by atoms with Crippen molar-refractivity contribution in [2.45, 2.75) is 32.7 Å². The number of amides is 3. The predicted octanol–water partition coefficient (Wildman–Crippen LogP) is 2.55. The molecular formula is C18H27N5O3. The normalized spacial score (nSPS) is 20.1. The zero-order valence-corrected chi connectivity index (χ0v) is 15.3. The molecule has 1 aliphatic heterocycles. The van der Waals surface area contributed by atoms with E-state index in [2.05, 4.69) is 22.6 Å². The van der Waals surface area contributed by atoms with Gasteiger partial charge in [0.05, 0.1) is 12.8 Å². The molecule has 1 saturated heterocycles. The van der Waals surface area contributed by atoms with Crippen LogP contribution in [-0.2, 0) is 11.3 Å². The van der Waals surface area contributed by atoms with Crippen LogP contribution in [-0.4, -0.2) is 64.5 Å². The number of carbonyl (C=O) groups excluding carboxylic acids is 2. The Morgan fingerprint density at radius 2 is 2.00 bits per heavy atom. The summed E-state index contributed by atoms with van der Waals surface area (Å²) in [6, 6.07) is 1.67. The zero-order chi connectivity index (χ0) is 18.4. The second-order valence-electron chi connectivity index (χ2n) is 6.65. The van der Waals surface area contributed by atoms with E-state index in [9.17, 15) is 9.59 Å². The Morgan fingerprint density at radius 1 is 1.23 bits per heavy atom. The number of nitrogens with one attached hydrogen (secondary N) is 1. The molecule has 1 atom stereocenters. The summed E-state index contributed by atoms with van der Waals surface area (Å²) in [5.74, 6) is 1.28. The molecule has 1 N–H and O–H groups in total. The fourth-order valence-corrected chi connectivity index (χ4v) is 3.35. The van der Waals surface area contributed by atoms with Gasteiger partial charge in [0.25, 0.3) is 0 Å². The molecule has 8 nitrogen and oxygen atoms in total. The summed E-state index contributed by atoms with van der Waals surface area (Å²) in [5.41, 5.74) is 0. The Morgan fingerprint density at radius 3 is 2.69 bits per heavy atom. The molecule has 8 heteroatoms. The Balaban J connectivity index is 1.50. The highest BCUT2D eigenvalue weighted by Gasteiger charge is 2.25. The summed E-state index contributed by atoms with van der Waals surface area (Å²) in [6.45, 7) is 4.91. The van der Waals surface area contributed by atoms with Crippen molar-refractivity contribution in [3.8, 4) is 0 Å². The van der Waals surface area contributed by atoms with Gasteiger partial charge >= 0.3 is 12.1 Å². The minimum atomic E-state index is -0.313. The molecule has 1 aromatic heterocycles. The van der Waals surface area contributed by atoms with Gasteiger partial charge in [-0.1, -0.05) is 12.2 Å². The van der Waals surface area contributed by atoms with Gasteiger partial charge in [0.2, 0.25) is 0 Å². The maximum atomic E-state index is 12.5. The van der Waals surface area contributed by atoms with Crippen LogP contribution in [0.25, 0.3) is 0 Å². The molecule has 2 aliphatic rings. The van der Waals surface area contributed by atoms with Gasteiger partial charge in [-0.3, -0.25) is 5.32 Å². The lowest BCUT2D eigenvalue weighted by molar-refractivity contribution is 0.0868. The minimum Gasteiger partial charge on any atom is -0.450 e. The fourth-order valence-electron chi connectivity index (χ4n) is 3.35. The van der Waals surface area contributed by atoms with Crippen molar-refractivity contribution >= 4 is 17.9 Å². The molecule has 1 aromatic rings. The standard InChI is InChI=1S/C18H27N5O3/c1-2-26-18(25)22-12-10-21(11-13-22)17(24)20-16-8-9-19-23(16)14-15-6-4-3-5-7-15/h3-4,8-9,15H,2,5-7,10-14H2,1H3,(H,20,24)/t15-/m1/s1. The Hall–Kier alpha value is -2.51. The lowest BCUT2D eigenvalue weighted by atomic mass is 9.94. The number of anilines is 1. The number of allylic oxidation sites excluding steroid dienone is 2. The highest BCUT2D eigenvalue weighted by atomic mass is 16.6. The molecule has 0 aromatic carbocycles. The Kier molecular flexibility index (Phi) is 6.14. The summed E-state index contributed by atoms with van der Waals surface area (Å²) >= 11 is 0. The van der Waals surface area contributed by atoms with Gasteiger partial charge in [0.15, 0.2) is 0 Å². The summed E-state index contributed by atoms with van der Waals surface area (Å²) in [7, 11) is 0. The molecule has 0 unspecified atom stereocenters. The average molecular weight is 361 g/mol. The first kappa shape index (κ1) is 18.3. The first-order chi connectivity index (χ1) is 12.7. The van der Waals surface area contributed by atoms with Crippen LogP contribution in [0.1, 0.15) is 26.2 Å². The third-order valence-corrected chi connectivity index (χ3v) is 4.85. The summed E-state index contributed by atoms with van der Waals surface area (Å²) < 4.78 is 6.87. The van der Waals surface area contributed by atoms with E-state index in [0.717, 1.165) is 31.6 Å². The largest absolute Gasteiger partial charge is 0.450 e. The minimum absolute atomic E-state index is 0.154. The molecule has 0 radical (unpaired) electrons. The lowest BCUT2D eigenvalue weighted by Crippen LogP contribution is -2.51. The number of piperazine rings is 1. The van der Waals surface area contributed by atoms with Crippen LogP contribution in [0, 0.1) is 5.92 Å². The van der Waals surface area contributed by atoms with Crippen molar-refractivity contribution in [1.29, 1.82) is 0 Å². The number of rotatable bonds is 4. The van der Waals surface area contributed by atoms with Gasteiger partial charge in [-0.15, -0.1) is 0 Å². The lowest BCUT2D eigenvalue weighted by Gasteiger charge is -2.34. The van der Waals surface area contributed by atoms with Crippen molar-refractivity contribution in [3.63, 3.8) is 0 Å². The maximum Gasteiger partial charge on any atom is 0.409 e. The van der Waals surface area contributed by atoms with E-state index in [1.165, 1.54) is 0 Å². The van der Waals surface area contributed by atoms with Gasteiger partial charge in [-0.2, -0.15) is 5.10 Å². The number of nitrogens with zero attached hydrogens (tertiary/aromatic N) is 4. The molecular weight excluding hydrogens is 334 g/mol. The van der Waals surface area contributed by atoms with Crippen LogP contribution >= 0.6 is 0 Å². The van der Waals surface area contributed by atoms with Crippen molar-refractivity contribution in [1.82, 2.24) is 19.6 Å². The molecule has 2 heterocycles. The molecule has 1 aliphatic carbocycles. The van der Waals surface area contributed by atoms with E-state index in [1.54, 1.807) is 22.9 Å². The highest BCUT2D eigenvalue weighted by molar-refractivity contribution is 5.88. The third-order valence-electron chi connectivity index (χ3n) is 4.85. The molecule has 0 saturated carbocycles. The first-order valence-corrected chi connectivity index (χ1v) is 9.31. The van der Waals surface area contributed by atoms with Crippen LogP contribution < -0.4 is 5.32 Å². The van der Waals surface area contributed by atoms with Crippen LogP contribution in [0.15, 0.2) is 24.4 Å². The molecule has 1 fully saturated rings. The summed E-state index contributed by atoms with van der Waals surface area (Å²) in [4.78, 5) is 27.6. The fraction of sp³-hybridized carbons (Fsp3) is 0.611. The maximum absolute atomic E-state index is 12.5. The van der Waals surface area contributed by atoms with Gasteiger partial charge < -0.3 is 14.5 Å². The molecule has 26 heavy (non-hydrogen) atoms. The van der Waals surface area contributed by atoms with Crippen LogP contribution in [0.4, 0.5) is 15.4 Å². The van der Waals surface area contributed by atoms with Crippen molar-refractivity contribution in [2.24, 2.45) is 5.92 Å². The topological polar surface area (TPSA) is 79.7 Å². The van der Waals surface area contributed by atoms with Crippen molar-refractivity contribution in [3.05, 3.63) is 24.4 Å². The Labute approximate surface area is 153 Å². The van der Waals surface area contributed by atoms with Gasteiger partial charge in [-0.25, -0.2) is 14.3 Å². The number of hydrogen-bond acceptors (Lipinski definition) is 4. The van der Waals surface area contributed by atoms with E-state index in [1.807, 2.05) is 10.7 Å². The highest BCUT2D eigenvalue weighted by Crippen LogP contribution is 2.21. The molecule has 142 valence electrons. The second kappa shape index (κ2) is 8.73. The number of carbonyl (C=O) groups is 2. The number of ether oxygens (including phenoxy) is 1. The zero-order valence-electron chi connectivity index (χ0n) is 15.3. The van der Waals surface area contributed by atoms with Crippen molar-refractivity contribution < 1.29 is 14.3 Å². The number of hydrogen-bond donors (Lipinski definition) is 1. The molecule has 0 spiro atoms. The van der Waals surface area contributed by atoms with E-state index in [-0.39, 0.29) is 12.1 Å². The smallest absolute Gasteiger partial charge is 0.409 e. The summed E-state index contributed by atoms with van der Waals surface area (Å²) in [5, 5.41) is 7.31. The van der Waals surface area contributed by atoms with Crippen LogP contribution in [0.3, 0.4) is 0 Å². The summed E-state index contributed by atoms with van der Waals surface area (Å²) in [6.07, 6.45) is 9.16. The molecule has 3 rings (SSSR count). The van der Waals surface area contributed by atoms with Crippen molar-refractivity contribution in [2.75, 3.05) is 38.1 Å². The Bertz CT molecular complexity index is 649. The number of urea groups is 1. The van der Waals surface area contributed by atoms with Gasteiger partial charge in [0, 0.05) is 38.8 Å². The first-order valence-electron chi connectivity index (χ1n) is 9.31. The quantitative estimate of drug-likeness (QED) is 0.836. The predicted molar refractivity (Wildman–Crippen MR) is 97.9 cm³/mol. The van der Waals surface area contributed by atoms with Gasteiger partial charge in [-0.05, 0) is 32.1 Å². The average Bonchev–Trinajstić information content (AvgIpc) is 3.09. The van der Waals surface area contributed by atoms with E-state index in [4.69, 9.17) is 4.74 Å². The van der Waals surface area contributed by atoms with E-state index >= 15 is 0 Å². The monoisotopic (exact) mass is 361 g/mol. The molecule has 0 bridgehead atoms. The molecule has 3 amide bonds. The van der Waals surface area contributed by atoms with Gasteiger partial charge in [0.1, 0.15) is 5.82 Å². The van der Waals surface area contributed by atoms with E-state index < -0.39 is 0 Å². The van der Waals surface area contributed by atoms with E-state index in [0.29, 0.717) is 38.7 Å². The third kappa shape index (κ3) is 4.56. The van der Waals surface area contributed by atoms with Crippen LogP contribution in [0.2, 0.25) is 0 Å². The van der Waals surface area contributed by atoms with Crippen LogP contribution in [0.5, 0.6) is 0 Å². The second-order valence-corrected chi connectivity index (χ2v) is 6.65.